The fraction of sp³-hybridized carbons (Fsp3) is 0.562. The average molecular weight is 311 g/mol. The molecule has 5 heteroatoms. The van der Waals surface area contributed by atoms with Gasteiger partial charge in [0.2, 0.25) is 0 Å². The van der Waals surface area contributed by atoms with Crippen LogP contribution in [-0.4, -0.2) is 36.5 Å². The number of carbonyl (C=O) groups is 1. The van der Waals surface area contributed by atoms with Crippen molar-refractivity contribution >= 4 is 17.5 Å². The highest BCUT2D eigenvalue weighted by atomic mass is 35.5. The third-order valence-electron chi connectivity index (χ3n) is 4.34. The van der Waals surface area contributed by atoms with Gasteiger partial charge < -0.3 is 10.2 Å². The fourth-order valence-corrected chi connectivity index (χ4v) is 3.16. The number of piperidine rings is 1. The normalized spacial score (nSPS) is 19.5. The fourth-order valence-electron chi connectivity index (χ4n) is 2.95. The van der Waals surface area contributed by atoms with Crippen LogP contribution in [0.15, 0.2) is 18.2 Å². The molecule has 21 heavy (non-hydrogen) atoms. The van der Waals surface area contributed by atoms with E-state index in [0.29, 0.717) is 12.0 Å². The molecule has 0 unspecified atom stereocenters. The zero-order valence-electron chi connectivity index (χ0n) is 11.9. The molecular weight excluding hydrogens is 291 g/mol. The second-order valence-electron chi connectivity index (χ2n) is 5.98. The minimum Gasteiger partial charge on any atom is -0.335 e. The number of carbonyl (C=O) groups excluding carboxylic acids is 1. The molecule has 1 heterocycles. The van der Waals surface area contributed by atoms with Gasteiger partial charge in [0.25, 0.3) is 5.91 Å². The lowest BCUT2D eigenvalue weighted by atomic mass is 9.97. The van der Waals surface area contributed by atoms with E-state index in [2.05, 4.69) is 5.32 Å². The van der Waals surface area contributed by atoms with E-state index in [4.69, 9.17) is 11.6 Å². The molecule has 2 aliphatic rings. The Kier molecular flexibility index (Phi) is 4.45. The molecular formula is C16H20ClFN2O. The first-order chi connectivity index (χ1) is 10.2. The maximum Gasteiger partial charge on any atom is 0.255 e. The summed E-state index contributed by atoms with van der Waals surface area (Å²) in [5.74, 6) is -0.121. The summed E-state index contributed by atoms with van der Waals surface area (Å²) < 4.78 is 13.6. The summed E-state index contributed by atoms with van der Waals surface area (Å²) in [5.41, 5.74) is 0.289. The lowest BCUT2D eigenvalue weighted by Gasteiger charge is -2.30. The van der Waals surface area contributed by atoms with Crippen molar-refractivity contribution in [3.8, 4) is 0 Å². The zero-order chi connectivity index (χ0) is 14.8. The molecule has 2 fully saturated rings. The van der Waals surface area contributed by atoms with Gasteiger partial charge in [0.15, 0.2) is 0 Å². The summed E-state index contributed by atoms with van der Waals surface area (Å²) in [6.45, 7) is 2.79. The van der Waals surface area contributed by atoms with Crippen LogP contribution >= 0.6 is 11.6 Å². The van der Waals surface area contributed by atoms with Crippen LogP contribution in [0.25, 0.3) is 0 Å². The van der Waals surface area contributed by atoms with Gasteiger partial charge in [0.1, 0.15) is 5.82 Å². The molecule has 1 N–H and O–H groups in total. The Bertz CT molecular complexity index is 527. The number of hydrogen-bond donors (Lipinski definition) is 1. The number of hydrogen-bond acceptors (Lipinski definition) is 2. The highest BCUT2D eigenvalue weighted by Crippen LogP contribution is 2.32. The minimum absolute atomic E-state index is 0.0570. The largest absolute Gasteiger partial charge is 0.335 e. The first kappa shape index (κ1) is 14.8. The molecule has 0 aromatic heterocycles. The summed E-state index contributed by atoms with van der Waals surface area (Å²) in [7, 11) is 0. The Morgan fingerprint density at radius 3 is 2.67 bits per heavy atom. The van der Waals surface area contributed by atoms with Gasteiger partial charge >= 0.3 is 0 Å². The summed E-state index contributed by atoms with van der Waals surface area (Å²) in [6, 6.07) is 4.76. The van der Waals surface area contributed by atoms with Crippen LogP contribution in [0.4, 0.5) is 4.39 Å². The Morgan fingerprint density at radius 1 is 1.29 bits per heavy atom. The third-order valence-corrected chi connectivity index (χ3v) is 4.73. The van der Waals surface area contributed by atoms with Crippen LogP contribution < -0.4 is 5.32 Å². The Morgan fingerprint density at radius 2 is 2.00 bits per heavy atom. The smallest absolute Gasteiger partial charge is 0.255 e. The second kappa shape index (κ2) is 6.32. The van der Waals surface area contributed by atoms with Crippen LogP contribution in [0.1, 0.15) is 36.0 Å². The summed E-state index contributed by atoms with van der Waals surface area (Å²) in [5, 5.41) is 3.28. The van der Waals surface area contributed by atoms with Gasteiger partial charge in [-0.3, -0.25) is 4.79 Å². The number of rotatable bonds is 4. The average Bonchev–Trinajstić information content (AvgIpc) is 3.33. The van der Waals surface area contributed by atoms with E-state index in [-0.39, 0.29) is 16.5 Å². The van der Waals surface area contributed by atoms with E-state index in [1.807, 2.05) is 4.90 Å². The van der Waals surface area contributed by atoms with E-state index in [1.165, 1.54) is 6.07 Å². The van der Waals surface area contributed by atoms with E-state index in [0.717, 1.165) is 45.3 Å². The van der Waals surface area contributed by atoms with Crippen molar-refractivity contribution in [3.63, 3.8) is 0 Å². The molecule has 0 spiro atoms. The van der Waals surface area contributed by atoms with Gasteiger partial charge in [-0.05, 0) is 56.8 Å². The number of nitrogens with one attached hydrogen (secondary N) is 1. The van der Waals surface area contributed by atoms with Crippen LogP contribution in [-0.2, 0) is 0 Å². The van der Waals surface area contributed by atoms with E-state index in [9.17, 15) is 9.18 Å². The Hall–Kier alpha value is -1.13. The van der Waals surface area contributed by atoms with Crippen molar-refractivity contribution in [1.82, 2.24) is 10.2 Å². The summed E-state index contributed by atoms with van der Waals surface area (Å²) in [6.07, 6.45) is 4.27. The molecule has 1 aromatic carbocycles. The van der Waals surface area contributed by atoms with Gasteiger partial charge in [-0.25, -0.2) is 4.39 Å². The molecule has 0 atom stereocenters. The molecule has 1 aliphatic heterocycles. The molecule has 0 bridgehead atoms. The highest BCUT2D eigenvalue weighted by Gasteiger charge is 2.35. The first-order valence-corrected chi connectivity index (χ1v) is 8.00. The van der Waals surface area contributed by atoms with Crippen molar-refractivity contribution in [2.24, 2.45) is 5.92 Å². The Labute approximate surface area is 129 Å². The molecule has 1 amide bonds. The van der Waals surface area contributed by atoms with Gasteiger partial charge in [0.05, 0.1) is 10.6 Å². The van der Waals surface area contributed by atoms with E-state index in [1.54, 1.807) is 12.1 Å². The van der Waals surface area contributed by atoms with E-state index < -0.39 is 5.82 Å². The quantitative estimate of drug-likeness (QED) is 0.927. The first-order valence-electron chi connectivity index (χ1n) is 7.62. The molecule has 1 saturated carbocycles. The van der Waals surface area contributed by atoms with Crippen LogP contribution in [0, 0.1) is 11.7 Å². The van der Waals surface area contributed by atoms with Crippen molar-refractivity contribution in [2.45, 2.75) is 31.7 Å². The van der Waals surface area contributed by atoms with Crippen LogP contribution in [0.2, 0.25) is 5.02 Å². The number of amides is 1. The van der Waals surface area contributed by atoms with Gasteiger partial charge in [-0.1, -0.05) is 17.7 Å². The maximum atomic E-state index is 13.6. The monoisotopic (exact) mass is 310 g/mol. The SMILES string of the molecule is O=C(c1cccc(F)c1Cl)N(CC1CCNCC1)C1CC1. The van der Waals surface area contributed by atoms with Crippen molar-refractivity contribution < 1.29 is 9.18 Å². The topological polar surface area (TPSA) is 32.3 Å². The van der Waals surface area contributed by atoms with Crippen molar-refractivity contribution in [2.75, 3.05) is 19.6 Å². The predicted octanol–water partition coefficient (Wildman–Crippen LogP) is 3.08. The molecule has 0 radical (unpaired) electrons. The predicted molar refractivity (Wildman–Crippen MR) is 81.1 cm³/mol. The molecule has 114 valence electrons. The van der Waals surface area contributed by atoms with Crippen molar-refractivity contribution in [3.05, 3.63) is 34.6 Å². The van der Waals surface area contributed by atoms with Gasteiger partial charge in [0, 0.05) is 12.6 Å². The Balaban J connectivity index is 1.76. The maximum absolute atomic E-state index is 13.6. The highest BCUT2D eigenvalue weighted by molar-refractivity contribution is 6.34. The zero-order valence-corrected chi connectivity index (χ0v) is 12.7. The minimum atomic E-state index is -0.528. The van der Waals surface area contributed by atoms with Crippen LogP contribution in [0.5, 0.6) is 0 Å². The summed E-state index contributed by atoms with van der Waals surface area (Å²) >= 11 is 5.97. The molecule has 3 rings (SSSR count). The lowest BCUT2D eigenvalue weighted by Crippen LogP contribution is -2.40. The third kappa shape index (κ3) is 3.38. The number of benzene rings is 1. The molecule has 1 saturated heterocycles. The van der Waals surface area contributed by atoms with Crippen molar-refractivity contribution in [1.29, 1.82) is 0 Å². The second-order valence-corrected chi connectivity index (χ2v) is 6.36. The molecule has 1 aliphatic carbocycles. The van der Waals surface area contributed by atoms with Gasteiger partial charge in [-0.2, -0.15) is 0 Å². The van der Waals surface area contributed by atoms with E-state index >= 15 is 0 Å². The number of nitrogens with zero attached hydrogens (tertiary/aromatic N) is 1. The van der Waals surface area contributed by atoms with Crippen LogP contribution in [0.3, 0.4) is 0 Å². The molecule has 1 aromatic rings. The standard InChI is InChI=1S/C16H20ClFN2O/c17-15-13(2-1-3-14(15)18)16(21)20(12-4-5-12)10-11-6-8-19-9-7-11/h1-3,11-12,19H,4-10H2. The number of halogens is 2. The molecule has 3 nitrogen and oxygen atoms in total. The van der Waals surface area contributed by atoms with Gasteiger partial charge in [-0.15, -0.1) is 0 Å². The lowest BCUT2D eigenvalue weighted by molar-refractivity contribution is 0.0701. The summed E-state index contributed by atoms with van der Waals surface area (Å²) in [4.78, 5) is 14.6.